The lowest BCUT2D eigenvalue weighted by Gasteiger charge is -2.14. The summed E-state index contributed by atoms with van der Waals surface area (Å²) in [6.07, 6.45) is 4.23. The molecule has 0 fully saturated rings. The van der Waals surface area contributed by atoms with E-state index in [1.807, 2.05) is 0 Å². The molecule has 1 aromatic carbocycles. The fourth-order valence-electron chi connectivity index (χ4n) is 1.94. The quantitative estimate of drug-likeness (QED) is 0.752. The fraction of sp³-hybridized carbons (Fsp3) is 0.250. The van der Waals surface area contributed by atoms with Gasteiger partial charge in [-0.25, -0.2) is 9.59 Å². The van der Waals surface area contributed by atoms with Crippen LogP contribution in [0.25, 0.3) is 0 Å². The Morgan fingerprint density at radius 3 is 2.14 bits per heavy atom. The molecule has 1 aromatic rings. The highest BCUT2D eigenvalue weighted by atomic mass is 16.5. The Bertz CT molecular complexity index is 612. The van der Waals surface area contributed by atoms with Crippen molar-refractivity contribution < 1.29 is 29.3 Å². The van der Waals surface area contributed by atoms with E-state index in [9.17, 15) is 9.59 Å². The van der Waals surface area contributed by atoms with Crippen LogP contribution in [0.1, 0.15) is 23.2 Å². The third-order valence-corrected chi connectivity index (χ3v) is 3.13. The highest BCUT2D eigenvalue weighted by molar-refractivity contribution is 5.87. The number of allylic oxidation sites excluding steroid dienone is 3. The van der Waals surface area contributed by atoms with Gasteiger partial charge < -0.3 is 19.7 Å². The molecule has 0 aliphatic heterocycles. The Labute approximate surface area is 127 Å². The number of carbonyl (C=O) groups is 2. The second-order valence-electron chi connectivity index (χ2n) is 4.66. The van der Waals surface area contributed by atoms with Crippen molar-refractivity contribution >= 4 is 11.9 Å². The highest BCUT2D eigenvalue weighted by Gasteiger charge is 2.12. The summed E-state index contributed by atoms with van der Waals surface area (Å²) < 4.78 is 10.9. The summed E-state index contributed by atoms with van der Waals surface area (Å²) in [6, 6.07) is 6.12. The molecule has 1 aliphatic rings. The molecule has 0 aromatic heterocycles. The molecule has 1 aliphatic carbocycles. The van der Waals surface area contributed by atoms with E-state index in [1.54, 1.807) is 24.3 Å². The van der Waals surface area contributed by atoms with Crippen LogP contribution in [0.5, 0.6) is 5.75 Å². The third kappa shape index (κ3) is 4.37. The number of carboxylic acid groups (broad SMARTS) is 2. The predicted molar refractivity (Wildman–Crippen MR) is 77.9 cm³/mol. The highest BCUT2D eigenvalue weighted by Crippen LogP contribution is 2.19. The first-order chi connectivity index (χ1) is 10.6. The smallest absolute Gasteiger partial charge is 0.335 e. The van der Waals surface area contributed by atoms with E-state index in [-0.39, 0.29) is 5.56 Å². The Hall–Kier alpha value is -2.76. The van der Waals surface area contributed by atoms with Crippen LogP contribution in [0.4, 0.5) is 0 Å². The van der Waals surface area contributed by atoms with Gasteiger partial charge in [0, 0.05) is 12.0 Å². The summed E-state index contributed by atoms with van der Waals surface area (Å²) in [5.74, 6) is -0.578. The summed E-state index contributed by atoms with van der Waals surface area (Å²) in [7, 11) is 0. The Morgan fingerprint density at radius 2 is 1.59 bits per heavy atom. The molecule has 0 bridgehead atoms. The number of rotatable bonds is 7. The van der Waals surface area contributed by atoms with E-state index < -0.39 is 11.9 Å². The monoisotopic (exact) mass is 304 g/mol. The van der Waals surface area contributed by atoms with Gasteiger partial charge in [0.2, 0.25) is 0 Å². The van der Waals surface area contributed by atoms with Gasteiger partial charge in [-0.15, -0.1) is 0 Å². The summed E-state index contributed by atoms with van der Waals surface area (Å²) in [5.41, 5.74) is 0.583. The molecule has 0 amide bonds. The van der Waals surface area contributed by atoms with E-state index in [2.05, 4.69) is 0 Å². The van der Waals surface area contributed by atoms with Crippen LogP contribution >= 0.6 is 0 Å². The molecule has 2 N–H and O–H groups in total. The molecule has 6 nitrogen and oxygen atoms in total. The van der Waals surface area contributed by atoms with E-state index in [0.29, 0.717) is 37.4 Å². The van der Waals surface area contributed by atoms with Crippen LogP contribution in [0.2, 0.25) is 0 Å². The number of carboxylic acids is 2. The van der Waals surface area contributed by atoms with Gasteiger partial charge >= 0.3 is 11.9 Å². The van der Waals surface area contributed by atoms with Gasteiger partial charge in [-0.2, -0.15) is 0 Å². The first-order valence-corrected chi connectivity index (χ1v) is 6.78. The summed E-state index contributed by atoms with van der Waals surface area (Å²) in [4.78, 5) is 21.5. The number of hydrogen-bond acceptors (Lipinski definition) is 4. The van der Waals surface area contributed by atoms with Crippen molar-refractivity contribution in [1.82, 2.24) is 0 Å². The lowest BCUT2D eigenvalue weighted by molar-refractivity contribution is -0.132. The standard InChI is InChI=1S/C16H16O6/c17-15(18)11-1-5-13(6-2-11)21-9-10-22-14-7-3-12(4-8-14)16(19)20/h1-3,5-7H,4,8-10H2,(H,17,18)(H,19,20). The van der Waals surface area contributed by atoms with E-state index in [0.717, 1.165) is 5.76 Å². The zero-order valence-electron chi connectivity index (χ0n) is 11.8. The first kappa shape index (κ1) is 15.6. The molecule has 22 heavy (non-hydrogen) atoms. The Kier molecular flexibility index (Phi) is 5.19. The molecule has 0 spiro atoms. The van der Waals surface area contributed by atoms with Crippen molar-refractivity contribution in [3.05, 3.63) is 53.3 Å². The van der Waals surface area contributed by atoms with E-state index >= 15 is 0 Å². The van der Waals surface area contributed by atoms with Gasteiger partial charge in [-0.3, -0.25) is 0 Å². The topological polar surface area (TPSA) is 93.1 Å². The maximum Gasteiger partial charge on any atom is 0.335 e. The maximum atomic E-state index is 10.7. The van der Waals surface area contributed by atoms with Crippen LogP contribution < -0.4 is 4.74 Å². The van der Waals surface area contributed by atoms with Crippen molar-refractivity contribution in [2.75, 3.05) is 13.2 Å². The molecular weight excluding hydrogens is 288 g/mol. The normalized spacial score (nSPS) is 13.8. The van der Waals surface area contributed by atoms with Gasteiger partial charge in [-0.1, -0.05) is 0 Å². The summed E-state index contributed by atoms with van der Waals surface area (Å²) >= 11 is 0. The van der Waals surface area contributed by atoms with Crippen molar-refractivity contribution in [2.45, 2.75) is 12.8 Å². The second-order valence-corrected chi connectivity index (χ2v) is 4.66. The average molecular weight is 304 g/mol. The Balaban J connectivity index is 1.73. The molecule has 0 unspecified atom stereocenters. The van der Waals surface area contributed by atoms with E-state index in [1.165, 1.54) is 12.1 Å². The molecular formula is C16H16O6. The number of hydrogen-bond donors (Lipinski definition) is 2. The zero-order valence-corrected chi connectivity index (χ0v) is 11.8. The van der Waals surface area contributed by atoms with Crippen LogP contribution in [0.15, 0.2) is 47.7 Å². The molecule has 2 rings (SSSR count). The minimum Gasteiger partial charge on any atom is -0.494 e. The van der Waals surface area contributed by atoms with E-state index in [4.69, 9.17) is 19.7 Å². The molecule has 0 saturated heterocycles. The summed E-state index contributed by atoms with van der Waals surface area (Å²) in [5, 5.41) is 17.6. The van der Waals surface area contributed by atoms with Crippen molar-refractivity contribution in [2.24, 2.45) is 0 Å². The van der Waals surface area contributed by atoms with Crippen molar-refractivity contribution in [3.8, 4) is 5.75 Å². The van der Waals surface area contributed by atoms with Crippen LogP contribution in [0, 0.1) is 0 Å². The SMILES string of the molecule is O=C(O)C1=CC=C(OCCOc2ccc(C(=O)O)cc2)CC1. The summed E-state index contributed by atoms with van der Waals surface area (Å²) in [6.45, 7) is 0.655. The minimum atomic E-state index is -0.979. The number of ether oxygens (including phenoxy) is 2. The number of aliphatic carboxylic acids is 1. The van der Waals surface area contributed by atoms with Crippen LogP contribution in [-0.4, -0.2) is 35.4 Å². The maximum absolute atomic E-state index is 10.7. The van der Waals surface area contributed by atoms with Crippen molar-refractivity contribution in [1.29, 1.82) is 0 Å². The van der Waals surface area contributed by atoms with Crippen molar-refractivity contribution in [3.63, 3.8) is 0 Å². The molecule has 0 atom stereocenters. The molecule has 0 radical (unpaired) electrons. The van der Waals surface area contributed by atoms with Gasteiger partial charge in [0.15, 0.2) is 0 Å². The molecule has 116 valence electrons. The minimum absolute atomic E-state index is 0.206. The predicted octanol–water partition coefficient (Wildman–Crippen LogP) is 2.47. The lowest BCUT2D eigenvalue weighted by atomic mass is 10.0. The van der Waals surface area contributed by atoms with Crippen LogP contribution in [0.3, 0.4) is 0 Å². The fourth-order valence-corrected chi connectivity index (χ4v) is 1.94. The van der Waals surface area contributed by atoms with Gasteiger partial charge in [0.25, 0.3) is 0 Å². The molecule has 6 heteroatoms. The molecule has 0 saturated carbocycles. The second kappa shape index (κ2) is 7.31. The molecule has 0 heterocycles. The first-order valence-electron chi connectivity index (χ1n) is 6.78. The van der Waals surface area contributed by atoms with Gasteiger partial charge in [0.1, 0.15) is 19.0 Å². The zero-order chi connectivity index (χ0) is 15.9. The van der Waals surface area contributed by atoms with Crippen LogP contribution in [-0.2, 0) is 9.53 Å². The van der Waals surface area contributed by atoms with Gasteiger partial charge in [0.05, 0.1) is 11.3 Å². The largest absolute Gasteiger partial charge is 0.494 e. The van der Waals surface area contributed by atoms with Gasteiger partial charge in [-0.05, 0) is 42.8 Å². The number of aromatic carboxylic acids is 1. The third-order valence-electron chi connectivity index (χ3n) is 3.13. The Morgan fingerprint density at radius 1 is 0.909 bits per heavy atom. The average Bonchev–Trinajstić information content (AvgIpc) is 2.52. The lowest BCUT2D eigenvalue weighted by Crippen LogP contribution is -2.09. The number of benzene rings is 1.